The molecule has 1 heteroatoms. The Bertz CT molecular complexity index is 346. The molecule has 1 aromatic rings. The van der Waals surface area contributed by atoms with Crippen LogP contribution in [0.3, 0.4) is 0 Å². The summed E-state index contributed by atoms with van der Waals surface area (Å²) in [6.07, 6.45) is 3.11. The van der Waals surface area contributed by atoms with Gasteiger partial charge in [-0.2, -0.15) is 0 Å². The molecule has 0 amide bonds. The fourth-order valence-electron chi connectivity index (χ4n) is 1.66. The molecular formula is C15H22O. The molecule has 0 aliphatic carbocycles. The van der Waals surface area contributed by atoms with Gasteiger partial charge in [0, 0.05) is 11.0 Å². The lowest BCUT2D eigenvalue weighted by Crippen LogP contribution is -2.23. The van der Waals surface area contributed by atoms with Crippen molar-refractivity contribution in [3.05, 3.63) is 35.4 Å². The number of hydrogen-bond donors (Lipinski definition) is 0. The SMILES string of the molecule is CCCc1ccc(C(=O)C(C)(C)CC)cc1. The summed E-state index contributed by atoms with van der Waals surface area (Å²) in [6, 6.07) is 8.07. The van der Waals surface area contributed by atoms with Crippen LogP contribution >= 0.6 is 0 Å². The van der Waals surface area contributed by atoms with Crippen LogP contribution < -0.4 is 0 Å². The molecule has 0 saturated heterocycles. The summed E-state index contributed by atoms with van der Waals surface area (Å²) in [5, 5.41) is 0. The number of carbonyl (C=O) groups excluding carboxylic acids is 1. The second-order valence-corrected chi connectivity index (χ2v) is 5.01. The lowest BCUT2D eigenvalue weighted by Gasteiger charge is -2.20. The molecular weight excluding hydrogens is 196 g/mol. The molecule has 1 rings (SSSR count). The summed E-state index contributed by atoms with van der Waals surface area (Å²) < 4.78 is 0. The topological polar surface area (TPSA) is 17.1 Å². The van der Waals surface area contributed by atoms with Crippen LogP contribution in [0.4, 0.5) is 0 Å². The molecule has 0 atom stereocenters. The molecule has 0 spiro atoms. The smallest absolute Gasteiger partial charge is 0.168 e. The van der Waals surface area contributed by atoms with Gasteiger partial charge in [0.15, 0.2) is 5.78 Å². The quantitative estimate of drug-likeness (QED) is 0.675. The van der Waals surface area contributed by atoms with Crippen LogP contribution in [-0.4, -0.2) is 5.78 Å². The zero-order valence-electron chi connectivity index (χ0n) is 10.8. The highest BCUT2D eigenvalue weighted by atomic mass is 16.1. The number of hydrogen-bond acceptors (Lipinski definition) is 1. The Morgan fingerprint density at radius 1 is 1.12 bits per heavy atom. The molecule has 0 unspecified atom stereocenters. The molecule has 1 nitrogen and oxygen atoms in total. The number of aryl methyl sites for hydroxylation is 1. The van der Waals surface area contributed by atoms with E-state index in [9.17, 15) is 4.79 Å². The van der Waals surface area contributed by atoms with Gasteiger partial charge in [-0.25, -0.2) is 0 Å². The summed E-state index contributed by atoms with van der Waals surface area (Å²) in [7, 11) is 0. The van der Waals surface area contributed by atoms with Gasteiger partial charge >= 0.3 is 0 Å². The minimum atomic E-state index is -0.244. The molecule has 16 heavy (non-hydrogen) atoms. The Morgan fingerprint density at radius 3 is 2.12 bits per heavy atom. The van der Waals surface area contributed by atoms with E-state index in [1.54, 1.807) is 0 Å². The first kappa shape index (κ1) is 13.0. The minimum Gasteiger partial charge on any atom is -0.294 e. The van der Waals surface area contributed by atoms with Crippen LogP contribution in [-0.2, 0) is 6.42 Å². The highest BCUT2D eigenvalue weighted by Gasteiger charge is 2.26. The third-order valence-electron chi connectivity index (χ3n) is 3.25. The Labute approximate surface area is 98.9 Å². The molecule has 0 saturated carbocycles. The third-order valence-corrected chi connectivity index (χ3v) is 3.25. The van der Waals surface area contributed by atoms with E-state index in [0.717, 1.165) is 24.8 Å². The lowest BCUT2D eigenvalue weighted by molar-refractivity contribution is 0.0833. The van der Waals surface area contributed by atoms with E-state index in [1.807, 2.05) is 26.0 Å². The minimum absolute atomic E-state index is 0.244. The van der Waals surface area contributed by atoms with Gasteiger partial charge in [-0.3, -0.25) is 4.79 Å². The van der Waals surface area contributed by atoms with Gasteiger partial charge in [0.2, 0.25) is 0 Å². The van der Waals surface area contributed by atoms with Crippen molar-refractivity contribution in [1.29, 1.82) is 0 Å². The predicted octanol–water partition coefficient (Wildman–Crippen LogP) is 4.26. The van der Waals surface area contributed by atoms with Gasteiger partial charge in [-0.05, 0) is 18.4 Å². The lowest BCUT2D eigenvalue weighted by atomic mass is 9.82. The van der Waals surface area contributed by atoms with Crippen molar-refractivity contribution in [1.82, 2.24) is 0 Å². The zero-order chi connectivity index (χ0) is 12.2. The van der Waals surface area contributed by atoms with E-state index in [-0.39, 0.29) is 11.2 Å². The maximum atomic E-state index is 12.2. The predicted molar refractivity (Wildman–Crippen MR) is 68.8 cm³/mol. The van der Waals surface area contributed by atoms with Crippen LogP contribution in [0.1, 0.15) is 56.5 Å². The van der Waals surface area contributed by atoms with Gasteiger partial charge in [0.05, 0.1) is 0 Å². The van der Waals surface area contributed by atoms with Crippen molar-refractivity contribution in [2.24, 2.45) is 5.41 Å². The van der Waals surface area contributed by atoms with Crippen molar-refractivity contribution in [2.75, 3.05) is 0 Å². The van der Waals surface area contributed by atoms with E-state index >= 15 is 0 Å². The molecule has 0 aromatic heterocycles. The van der Waals surface area contributed by atoms with Crippen LogP contribution in [0.2, 0.25) is 0 Å². The van der Waals surface area contributed by atoms with E-state index in [0.29, 0.717) is 0 Å². The normalized spacial score (nSPS) is 11.5. The standard InChI is InChI=1S/C15H22O/c1-5-7-12-8-10-13(11-9-12)14(16)15(3,4)6-2/h8-11H,5-7H2,1-4H3. The van der Waals surface area contributed by atoms with Crippen LogP contribution in [0.15, 0.2) is 24.3 Å². The van der Waals surface area contributed by atoms with Gasteiger partial charge in [-0.15, -0.1) is 0 Å². The Balaban J connectivity index is 2.86. The number of benzene rings is 1. The Kier molecular flexibility index (Phi) is 4.28. The highest BCUT2D eigenvalue weighted by Crippen LogP contribution is 2.25. The van der Waals surface area contributed by atoms with Crippen molar-refractivity contribution >= 4 is 5.78 Å². The molecule has 0 N–H and O–H groups in total. The third kappa shape index (κ3) is 2.94. The van der Waals surface area contributed by atoms with Crippen molar-refractivity contribution in [2.45, 2.75) is 47.0 Å². The van der Waals surface area contributed by atoms with Gasteiger partial charge in [-0.1, -0.05) is 58.4 Å². The fourth-order valence-corrected chi connectivity index (χ4v) is 1.66. The first-order valence-electron chi connectivity index (χ1n) is 6.15. The second-order valence-electron chi connectivity index (χ2n) is 5.01. The average molecular weight is 218 g/mol. The van der Waals surface area contributed by atoms with Crippen molar-refractivity contribution < 1.29 is 4.79 Å². The van der Waals surface area contributed by atoms with Crippen molar-refractivity contribution in [3.8, 4) is 0 Å². The number of carbonyl (C=O) groups is 1. The summed E-state index contributed by atoms with van der Waals surface area (Å²) in [4.78, 5) is 12.2. The number of Topliss-reactive ketones (excluding diaryl/α,β-unsaturated/α-hetero) is 1. The fraction of sp³-hybridized carbons (Fsp3) is 0.533. The second kappa shape index (κ2) is 5.29. The maximum Gasteiger partial charge on any atom is 0.168 e. The molecule has 0 aliphatic rings. The molecule has 0 heterocycles. The molecule has 0 radical (unpaired) electrons. The summed E-state index contributed by atoms with van der Waals surface area (Å²) in [6.45, 7) is 8.24. The van der Waals surface area contributed by atoms with Gasteiger partial charge in [0.1, 0.15) is 0 Å². The first-order chi connectivity index (χ1) is 7.51. The largest absolute Gasteiger partial charge is 0.294 e. The Morgan fingerprint density at radius 2 is 1.69 bits per heavy atom. The van der Waals surface area contributed by atoms with Gasteiger partial charge < -0.3 is 0 Å². The van der Waals surface area contributed by atoms with Crippen molar-refractivity contribution in [3.63, 3.8) is 0 Å². The molecule has 0 fully saturated rings. The molecule has 88 valence electrons. The first-order valence-corrected chi connectivity index (χ1v) is 6.15. The highest BCUT2D eigenvalue weighted by molar-refractivity contribution is 6.00. The van der Waals surface area contributed by atoms with Gasteiger partial charge in [0.25, 0.3) is 0 Å². The maximum absolute atomic E-state index is 12.2. The van der Waals surface area contributed by atoms with Crippen LogP contribution in [0, 0.1) is 5.41 Å². The van der Waals surface area contributed by atoms with Crippen LogP contribution in [0.25, 0.3) is 0 Å². The van der Waals surface area contributed by atoms with E-state index in [2.05, 4.69) is 26.0 Å². The van der Waals surface area contributed by atoms with E-state index in [4.69, 9.17) is 0 Å². The summed E-state index contributed by atoms with van der Waals surface area (Å²) in [5.41, 5.74) is 1.91. The molecule has 0 aliphatic heterocycles. The zero-order valence-corrected chi connectivity index (χ0v) is 10.8. The Hall–Kier alpha value is -1.11. The number of rotatable bonds is 5. The summed E-state index contributed by atoms with van der Waals surface area (Å²) >= 11 is 0. The summed E-state index contributed by atoms with van der Waals surface area (Å²) in [5.74, 6) is 0.248. The van der Waals surface area contributed by atoms with E-state index < -0.39 is 0 Å². The average Bonchev–Trinajstić information content (AvgIpc) is 2.29. The monoisotopic (exact) mass is 218 g/mol. The number of ketones is 1. The molecule has 1 aromatic carbocycles. The molecule has 0 bridgehead atoms. The van der Waals surface area contributed by atoms with E-state index in [1.165, 1.54) is 5.56 Å². The van der Waals surface area contributed by atoms with Crippen LogP contribution in [0.5, 0.6) is 0 Å².